The van der Waals surface area contributed by atoms with Gasteiger partial charge in [-0.1, -0.05) is 42.5 Å². The van der Waals surface area contributed by atoms with E-state index in [1.165, 1.54) is 12.1 Å². The average molecular weight is 323 g/mol. The van der Waals surface area contributed by atoms with Crippen LogP contribution in [-0.4, -0.2) is 23.7 Å². The first-order valence-corrected chi connectivity index (χ1v) is 7.03. The fraction of sp³-hybridized carbons (Fsp3) is 0.235. The van der Waals surface area contributed by atoms with E-state index in [1.807, 2.05) is 30.3 Å². The zero-order valence-electron chi connectivity index (χ0n) is 12.2. The Balaban J connectivity index is 2.14. The van der Waals surface area contributed by atoms with Crippen molar-refractivity contribution in [3.8, 4) is 0 Å². The summed E-state index contributed by atoms with van der Waals surface area (Å²) in [6.07, 6.45) is -4.28. The number of aliphatic hydroxyl groups excluding tert-OH is 1. The molecule has 1 atom stereocenters. The average Bonchev–Trinajstić information content (AvgIpc) is 2.54. The van der Waals surface area contributed by atoms with Crippen molar-refractivity contribution in [2.75, 3.05) is 6.61 Å². The molecule has 1 amide bonds. The summed E-state index contributed by atoms with van der Waals surface area (Å²) in [5.74, 6) is -0.854. The summed E-state index contributed by atoms with van der Waals surface area (Å²) in [6, 6.07) is 13.0. The Hall–Kier alpha value is -2.34. The minimum absolute atomic E-state index is 0.331. The first-order chi connectivity index (χ1) is 10.9. The van der Waals surface area contributed by atoms with E-state index in [2.05, 4.69) is 5.32 Å². The Bertz CT molecular complexity index is 656. The van der Waals surface area contributed by atoms with Crippen LogP contribution in [0.15, 0.2) is 54.6 Å². The van der Waals surface area contributed by atoms with Crippen LogP contribution in [0, 0.1) is 0 Å². The molecule has 2 aromatic rings. The highest BCUT2D eigenvalue weighted by molar-refractivity contribution is 5.96. The SMILES string of the molecule is O=C(N[C@H](CO)Cc1ccccc1)c1ccccc1C(F)(F)F. The molecule has 0 saturated heterocycles. The predicted octanol–water partition coefficient (Wildman–Crippen LogP) is 3.04. The number of carbonyl (C=O) groups excluding carboxylic acids is 1. The molecule has 3 nitrogen and oxygen atoms in total. The normalized spacial score (nSPS) is 12.7. The van der Waals surface area contributed by atoms with Gasteiger partial charge in [0.1, 0.15) is 0 Å². The smallest absolute Gasteiger partial charge is 0.394 e. The number of carbonyl (C=O) groups is 1. The molecule has 122 valence electrons. The number of aliphatic hydroxyl groups is 1. The Morgan fingerprint density at radius 2 is 1.65 bits per heavy atom. The quantitative estimate of drug-likeness (QED) is 0.888. The van der Waals surface area contributed by atoms with Crippen molar-refractivity contribution in [1.82, 2.24) is 5.32 Å². The third-order valence-corrected chi connectivity index (χ3v) is 3.36. The summed E-state index contributed by atoms with van der Waals surface area (Å²) in [6.45, 7) is -0.366. The van der Waals surface area contributed by atoms with Crippen LogP contribution in [0.25, 0.3) is 0 Å². The number of benzene rings is 2. The van der Waals surface area contributed by atoms with Gasteiger partial charge in [0.2, 0.25) is 0 Å². The zero-order chi connectivity index (χ0) is 16.9. The van der Waals surface area contributed by atoms with Crippen molar-refractivity contribution < 1.29 is 23.1 Å². The molecule has 0 aliphatic carbocycles. The molecule has 2 N–H and O–H groups in total. The second kappa shape index (κ2) is 7.28. The summed E-state index contributed by atoms with van der Waals surface area (Å²) in [5.41, 5.74) is -0.573. The lowest BCUT2D eigenvalue weighted by Gasteiger charge is -2.18. The van der Waals surface area contributed by atoms with E-state index < -0.39 is 29.3 Å². The largest absolute Gasteiger partial charge is 0.417 e. The monoisotopic (exact) mass is 323 g/mol. The van der Waals surface area contributed by atoms with Crippen LogP contribution in [0.3, 0.4) is 0 Å². The molecular formula is C17H16F3NO2. The molecule has 0 bridgehead atoms. The molecule has 6 heteroatoms. The number of hydrogen-bond donors (Lipinski definition) is 2. The summed E-state index contributed by atoms with van der Waals surface area (Å²) < 4.78 is 38.8. The van der Waals surface area contributed by atoms with Gasteiger partial charge in [0.15, 0.2) is 0 Å². The molecule has 0 fully saturated rings. The first-order valence-electron chi connectivity index (χ1n) is 7.03. The van der Waals surface area contributed by atoms with Crippen LogP contribution < -0.4 is 5.32 Å². The minimum atomic E-state index is -4.61. The van der Waals surface area contributed by atoms with E-state index in [4.69, 9.17) is 0 Å². The van der Waals surface area contributed by atoms with Gasteiger partial charge in [-0.2, -0.15) is 13.2 Å². The molecule has 0 aliphatic heterocycles. The van der Waals surface area contributed by atoms with E-state index in [0.29, 0.717) is 6.42 Å². The number of hydrogen-bond acceptors (Lipinski definition) is 2. The van der Waals surface area contributed by atoms with Crippen molar-refractivity contribution >= 4 is 5.91 Å². The van der Waals surface area contributed by atoms with Crippen molar-refractivity contribution in [3.63, 3.8) is 0 Å². The third kappa shape index (κ3) is 4.56. The number of rotatable bonds is 5. The fourth-order valence-electron chi connectivity index (χ4n) is 2.25. The Kier molecular flexibility index (Phi) is 5.39. The van der Waals surface area contributed by atoms with Crippen molar-refractivity contribution in [2.45, 2.75) is 18.6 Å². The highest BCUT2D eigenvalue weighted by Gasteiger charge is 2.35. The van der Waals surface area contributed by atoms with Crippen LogP contribution in [0.1, 0.15) is 21.5 Å². The molecule has 0 aliphatic rings. The molecule has 0 aromatic heterocycles. The van der Waals surface area contributed by atoms with Crippen molar-refractivity contribution in [2.24, 2.45) is 0 Å². The van der Waals surface area contributed by atoms with Crippen LogP contribution in [0.4, 0.5) is 13.2 Å². The number of nitrogens with one attached hydrogen (secondary N) is 1. The van der Waals surface area contributed by atoms with Gasteiger partial charge in [-0.05, 0) is 24.1 Å². The second-order valence-corrected chi connectivity index (χ2v) is 5.09. The highest BCUT2D eigenvalue weighted by atomic mass is 19.4. The molecule has 0 saturated carbocycles. The van der Waals surface area contributed by atoms with E-state index in [-0.39, 0.29) is 6.61 Å². The van der Waals surface area contributed by atoms with Crippen LogP contribution in [0.2, 0.25) is 0 Å². The minimum Gasteiger partial charge on any atom is -0.394 e. The summed E-state index contributed by atoms with van der Waals surface area (Å²) in [7, 11) is 0. The summed E-state index contributed by atoms with van der Waals surface area (Å²) in [4.78, 5) is 12.1. The third-order valence-electron chi connectivity index (χ3n) is 3.36. The molecule has 2 aromatic carbocycles. The molecule has 0 radical (unpaired) electrons. The molecule has 2 rings (SSSR count). The number of alkyl halides is 3. The van der Waals surface area contributed by atoms with Crippen LogP contribution >= 0.6 is 0 Å². The fourth-order valence-corrected chi connectivity index (χ4v) is 2.25. The lowest BCUT2D eigenvalue weighted by molar-refractivity contribution is -0.137. The maximum atomic E-state index is 12.9. The molecule has 23 heavy (non-hydrogen) atoms. The Morgan fingerprint density at radius 3 is 2.26 bits per heavy atom. The van der Waals surface area contributed by atoms with Gasteiger partial charge < -0.3 is 10.4 Å². The second-order valence-electron chi connectivity index (χ2n) is 5.09. The Morgan fingerprint density at radius 1 is 1.04 bits per heavy atom. The molecule has 0 spiro atoms. The van der Waals surface area contributed by atoms with Crippen molar-refractivity contribution in [3.05, 3.63) is 71.3 Å². The van der Waals surface area contributed by atoms with E-state index in [0.717, 1.165) is 17.7 Å². The lowest BCUT2D eigenvalue weighted by Crippen LogP contribution is -2.39. The van der Waals surface area contributed by atoms with Crippen molar-refractivity contribution in [1.29, 1.82) is 0 Å². The topological polar surface area (TPSA) is 49.3 Å². The summed E-state index contributed by atoms with van der Waals surface area (Å²) >= 11 is 0. The van der Waals surface area contributed by atoms with Gasteiger partial charge in [-0.15, -0.1) is 0 Å². The van der Waals surface area contributed by atoms with Gasteiger partial charge in [0.05, 0.1) is 23.8 Å². The molecular weight excluding hydrogens is 307 g/mol. The number of amides is 1. The standard InChI is InChI=1S/C17H16F3NO2/c18-17(19,20)15-9-5-4-8-14(15)16(23)21-13(11-22)10-12-6-2-1-3-7-12/h1-9,13,22H,10-11H2,(H,21,23)/t13-/m0/s1. The maximum absolute atomic E-state index is 12.9. The van der Waals surface area contributed by atoms with Crippen LogP contribution in [-0.2, 0) is 12.6 Å². The number of halogens is 3. The zero-order valence-corrected chi connectivity index (χ0v) is 12.2. The lowest BCUT2D eigenvalue weighted by atomic mass is 10.0. The van der Waals surface area contributed by atoms with Gasteiger partial charge in [-0.25, -0.2) is 0 Å². The Labute approximate surface area is 131 Å². The van der Waals surface area contributed by atoms with E-state index >= 15 is 0 Å². The first kappa shape index (κ1) is 17.0. The molecule has 0 unspecified atom stereocenters. The maximum Gasteiger partial charge on any atom is 0.417 e. The van der Waals surface area contributed by atoms with E-state index in [1.54, 1.807) is 0 Å². The predicted molar refractivity (Wildman–Crippen MR) is 79.9 cm³/mol. The summed E-state index contributed by atoms with van der Waals surface area (Å²) in [5, 5.41) is 11.8. The van der Waals surface area contributed by atoms with Gasteiger partial charge in [0, 0.05) is 0 Å². The van der Waals surface area contributed by atoms with Crippen LogP contribution in [0.5, 0.6) is 0 Å². The van der Waals surface area contributed by atoms with E-state index in [9.17, 15) is 23.1 Å². The molecule has 0 heterocycles. The van der Waals surface area contributed by atoms with Gasteiger partial charge in [0.25, 0.3) is 5.91 Å². The van der Waals surface area contributed by atoms with Gasteiger partial charge >= 0.3 is 6.18 Å². The highest BCUT2D eigenvalue weighted by Crippen LogP contribution is 2.31. The van der Waals surface area contributed by atoms with Gasteiger partial charge in [-0.3, -0.25) is 4.79 Å².